The molecule has 1 saturated heterocycles. The molecule has 0 aromatic heterocycles. The Morgan fingerprint density at radius 1 is 1.35 bits per heavy atom. The highest BCUT2D eigenvalue weighted by molar-refractivity contribution is 14.0. The molecule has 26 heavy (non-hydrogen) atoms. The lowest BCUT2D eigenvalue weighted by molar-refractivity contribution is 0.179. The van der Waals surface area contributed by atoms with E-state index in [-0.39, 0.29) is 30.0 Å². The van der Waals surface area contributed by atoms with Gasteiger partial charge in [-0.2, -0.15) is 4.31 Å². The van der Waals surface area contributed by atoms with Crippen molar-refractivity contribution < 1.29 is 13.2 Å². The molecule has 2 rings (SSSR count). The standard InChI is InChI=1S/C17H28N4O3S.HI/c1-14(13-24-2)20-17(18)19-12-15-8-10-21(11-9-15)25(22,23)16-6-4-3-5-7-16;/h3-7,14-15H,8-13H2,1-2H3,(H3,18,19,20);1H. The van der Waals surface area contributed by atoms with E-state index in [1.807, 2.05) is 13.0 Å². The third kappa shape index (κ3) is 6.67. The van der Waals surface area contributed by atoms with Crippen LogP contribution >= 0.6 is 24.0 Å². The van der Waals surface area contributed by atoms with Crippen molar-refractivity contribution in [3.63, 3.8) is 0 Å². The second-order valence-corrected chi connectivity index (χ2v) is 8.33. The number of methoxy groups -OCH3 is 1. The number of halogens is 1. The van der Waals surface area contributed by atoms with Crippen molar-refractivity contribution in [2.45, 2.75) is 30.7 Å². The Morgan fingerprint density at radius 3 is 2.54 bits per heavy atom. The van der Waals surface area contributed by atoms with Gasteiger partial charge in [-0.25, -0.2) is 8.42 Å². The molecule has 1 aliphatic rings. The van der Waals surface area contributed by atoms with Gasteiger partial charge in [-0.05, 0) is 37.8 Å². The number of rotatable bonds is 7. The maximum absolute atomic E-state index is 12.6. The summed E-state index contributed by atoms with van der Waals surface area (Å²) in [6, 6.07) is 8.68. The van der Waals surface area contributed by atoms with E-state index in [1.54, 1.807) is 35.7 Å². The topological polar surface area (TPSA) is 97.0 Å². The van der Waals surface area contributed by atoms with Gasteiger partial charge in [-0.3, -0.25) is 4.99 Å². The van der Waals surface area contributed by atoms with Crippen LogP contribution in [-0.4, -0.2) is 58.1 Å². The zero-order valence-electron chi connectivity index (χ0n) is 15.3. The number of hydrogen-bond donors (Lipinski definition) is 2. The monoisotopic (exact) mass is 496 g/mol. The predicted molar refractivity (Wildman–Crippen MR) is 114 cm³/mol. The van der Waals surface area contributed by atoms with E-state index in [1.165, 1.54) is 0 Å². The second-order valence-electron chi connectivity index (χ2n) is 6.39. The van der Waals surface area contributed by atoms with Crippen LogP contribution in [0.3, 0.4) is 0 Å². The molecule has 1 heterocycles. The van der Waals surface area contributed by atoms with Crippen molar-refractivity contribution in [1.29, 1.82) is 0 Å². The Labute approximate surface area is 173 Å². The first-order valence-corrected chi connectivity index (χ1v) is 9.98. The maximum atomic E-state index is 12.6. The summed E-state index contributed by atoms with van der Waals surface area (Å²) in [4.78, 5) is 4.73. The fourth-order valence-corrected chi connectivity index (χ4v) is 4.38. The van der Waals surface area contributed by atoms with Gasteiger partial charge in [-0.15, -0.1) is 24.0 Å². The number of guanidine groups is 1. The van der Waals surface area contributed by atoms with Gasteiger partial charge in [0.1, 0.15) is 0 Å². The Hall–Kier alpha value is -0.910. The van der Waals surface area contributed by atoms with Crippen LogP contribution in [0.15, 0.2) is 40.2 Å². The number of benzene rings is 1. The van der Waals surface area contributed by atoms with Crippen molar-refractivity contribution in [2.24, 2.45) is 16.6 Å². The molecule has 9 heteroatoms. The molecule has 148 valence electrons. The molecule has 7 nitrogen and oxygen atoms in total. The van der Waals surface area contributed by atoms with E-state index < -0.39 is 10.0 Å². The Bertz CT molecular complexity index is 662. The summed E-state index contributed by atoms with van der Waals surface area (Å²) in [5.41, 5.74) is 5.87. The van der Waals surface area contributed by atoms with Crippen molar-refractivity contribution in [3.05, 3.63) is 30.3 Å². The summed E-state index contributed by atoms with van der Waals surface area (Å²) in [5, 5.41) is 3.07. The first-order valence-electron chi connectivity index (χ1n) is 8.54. The molecule has 0 aliphatic carbocycles. The van der Waals surface area contributed by atoms with Crippen LogP contribution in [0.25, 0.3) is 0 Å². The van der Waals surface area contributed by atoms with Crippen LogP contribution in [0.2, 0.25) is 0 Å². The lowest BCUT2D eigenvalue weighted by Gasteiger charge is -2.30. The zero-order chi connectivity index (χ0) is 18.3. The largest absolute Gasteiger partial charge is 0.383 e. The van der Waals surface area contributed by atoms with Gasteiger partial charge in [0, 0.05) is 32.8 Å². The molecule has 1 aromatic carbocycles. The molecule has 3 N–H and O–H groups in total. The number of hydrogen-bond acceptors (Lipinski definition) is 4. The fraction of sp³-hybridized carbons (Fsp3) is 0.588. The summed E-state index contributed by atoms with van der Waals surface area (Å²) >= 11 is 0. The Morgan fingerprint density at radius 2 is 1.96 bits per heavy atom. The number of piperidine rings is 1. The van der Waals surface area contributed by atoms with Crippen LogP contribution in [-0.2, 0) is 14.8 Å². The van der Waals surface area contributed by atoms with Crippen LogP contribution in [0.4, 0.5) is 0 Å². The summed E-state index contributed by atoms with van der Waals surface area (Å²) in [6.45, 7) is 4.18. The van der Waals surface area contributed by atoms with Gasteiger partial charge in [0.2, 0.25) is 10.0 Å². The van der Waals surface area contributed by atoms with Crippen molar-refractivity contribution in [2.75, 3.05) is 33.4 Å². The summed E-state index contributed by atoms with van der Waals surface area (Å²) in [7, 11) is -1.75. The maximum Gasteiger partial charge on any atom is 0.243 e. The second kappa shape index (κ2) is 11.1. The van der Waals surface area contributed by atoms with Crippen molar-refractivity contribution in [3.8, 4) is 0 Å². The van der Waals surface area contributed by atoms with Crippen molar-refractivity contribution in [1.82, 2.24) is 9.62 Å². The summed E-state index contributed by atoms with van der Waals surface area (Å²) < 4.78 is 31.8. The van der Waals surface area contributed by atoms with E-state index in [0.717, 1.165) is 12.8 Å². The molecule has 1 aliphatic heterocycles. The van der Waals surface area contributed by atoms with Crippen LogP contribution in [0.1, 0.15) is 19.8 Å². The van der Waals surface area contributed by atoms with Gasteiger partial charge in [0.05, 0.1) is 11.5 Å². The van der Waals surface area contributed by atoms with Gasteiger partial charge in [-0.1, -0.05) is 18.2 Å². The number of nitrogens with zero attached hydrogens (tertiary/aromatic N) is 2. The molecule has 0 radical (unpaired) electrons. The Balaban J connectivity index is 0.00000338. The normalized spacial score (nSPS) is 18.2. The minimum atomic E-state index is -3.39. The number of nitrogens with one attached hydrogen (secondary N) is 1. The highest BCUT2D eigenvalue weighted by Crippen LogP contribution is 2.23. The molecule has 0 saturated carbocycles. The average Bonchev–Trinajstić information content (AvgIpc) is 2.61. The van der Waals surface area contributed by atoms with E-state index >= 15 is 0 Å². The zero-order valence-corrected chi connectivity index (χ0v) is 18.4. The average molecular weight is 496 g/mol. The Kier molecular flexibility index (Phi) is 9.83. The quantitative estimate of drug-likeness (QED) is 0.340. The smallest absolute Gasteiger partial charge is 0.243 e. The highest BCUT2D eigenvalue weighted by atomic mass is 127. The van der Waals surface area contributed by atoms with Crippen molar-refractivity contribution >= 4 is 40.0 Å². The van der Waals surface area contributed by atoms with Gasteiger partial charge in [0.15, 0.2) is 5.96 Å². The van der Waals surface area contributed by atoms with Crippen LogP contribution in [0, 0.1) is 5.92 Å². The fourth-order valence-electron chi connectivity index (χ4n) is 2.89. The third-order valence-electron chi connectivity index (χ3n) is 4.29. The van der Waals surface area contributed by atoms with Gasteiger partial charge >= 0.3 is 0 Å². The molecule has 1 unspecified atom stereocenters. The lowest BCUT2D eigenvalue weighted by atomic mass is 9.98. The SMILES string of the molecule is COCC(C)NC(N)=NCC1CCN(S(=O)(=O)c2ccccc2)CC1.I. The number of nitrogens with two attached hydrogens (primary N) is 1. The number of ether oxygens (including phenoxy) is 1. The van der Waals surface area contributed by atoms with Gasteiger partial charge in [0.25, 0.3) is 0 Å². The van der Waals surface area contributed by atoms with Crippen LogP contribution in [0.5, 0.6) is 0 Å². The summed E-state index contributed by atoms with van der Waals surface area (Å²) in [6.07, 6.45) is 1.58. The van der Waals surface area contributed by atoms with Crippen LogP contribution < -0.4 is 11.1 Å². The lowest BCUT2D eigenvalue weighted by Crippen LogP contribution is -2.42. The summed E-state index contributed by atoms with van der Waals surface area (Å²) in [5.74, 6) is 0.754. The minimum absolute atomic E-state index is 0. The van der Waals surface area contributed by atoms with E-state index in [2.05, 4.69) is 10.3 Å². The highest BCUT2D eigenvalue weighted by Gasteiger charge is 2.29. The molecule has 0 amide bonds. The number of aliphatic imine (C=N–C) groups is 1. The molecule has 0 bridgehead atoms. The third-order valence-corrected chi connectivity index (χ3v) is 6.20. The van der Waals surface area contributed by atoms with E-state index in [9.17, 15) is 8.42 Å². The predicted octanol–water partition coefficient (Wildman–Crippen LogP) is 1.64. The first kappa shape index (κ1) is 23.1. The minimum Gasteiger partial charge on any atom is -0.383 e. The number of sulfonamides is 1. The first-order chi connectivity index (χ1) is 11.9. The molecular weight excluding hydrogens is 467 g/mol. The van der Waals surface area contributed by atoms with Gasteiger partial charge < -0.3 is 15.8 Å². The molecule has 0 spiro atoms. The molecule has 1 atom stereocenters. The van der Waals surface area contributed by atoms with E-state index in [4.69, 9.17) is 10.5 Å². The molecule has 1 fully saturated rings. The molecule has 1 aromatic rings. The molecular formula is C17H29IN4O3S. The van der Waals surface area contributed by atoms with E-state index in [0.29, 0.717) is 43.0 Å².